The smallest absolute Gasteiger partial charge is 0.226 e. The van der Waals surface area contributed by atoms with Gasteiger partial charge in [-0.05, 0) is 45.7 Å². The Kier molecular flexibility index (Phi) is 4.79. The van der Waals surface area contributed by atoms with Crippen molar-refractivity contribution >= 4 is 0 Å². The number of benzene rings is 1. The summed E-state index contributed by atoms with van der Waals surface area (Å²) in [5.41, 5.74) is 4.55. The molecule has 28 heavy (non-hydrogen) atoms. The van der Waals surface area contributed by atoms with Crippen LogP contribution in [0.5, 0.6) is 0 Å². The molecule has 7 heteroatoms. The third-order valence-corrected chi connectivity index (χ3v) is 5.44. The van der Waals surface area contributed by atoms with Crippen molar-refractivity contribution in [1.29, 1.82) is 0 Å². The topological polar surface area (TPSA) is 47.1 Å². The Morgan fingerprint density at radius 1 is 1.11 bits per heavy atom. The van der Waals surface area contributed by atoms with E-state index in [1.54, 1.807) is 0 Å². The average Bonchev–Trinajstić information content (AvgIpc) is 3.36. The number of aryl methyl sites for hydroxylation is 3. The summed E-state index contributed by atoms with van der Waals surface area (Å²) in [7, 11) is 1.96. The van der Waals surface area contributed by atoms with Gasteiger partial charge in [-0.1, -0.05) is 0 Å². The summed E-state index contributed by atoms with van der Waals surface area (Å²) in [5, 5.41) is 4.51. The number of aromatic nitrogens is 3. The molecule has 2 heterocycles. The number of nitrogens with zero attached hydrogens (tertiary/aromatic N) is 4. The van der Waals surface area contributed by atoms with Crippen LogP contribution < -0.4 is 0 Å². The van der Waals surface area contributed by atoms with Crippen LogP contribution >= 0.6 is 0 Å². The van der Waals surface area contributed by atoms with Gasteiger partial charge in [-0.15, -0.1) is 0 Å². The van der Waals surface area contributed by atoms with Crippen LogP contribution in [0.2, 0.25) is 0 Å². The van der Waals surface area contributed by atoms with Gasteiger partial charge in [-0.3, -0.25) is 9.58 Å². The highest BCUT2D eigenvalue weighted by molar-refractivity contribution is 5.53. The van der Waals surface area contributed by atoms with Gasteiger partial charge in [0.1, 0.15) is 17.4 Å². The Labute approximate surface area is 163 Å². The van der Waals surface area contributed by atoms with E-state index in [1.165, 1.54) is 17.7 Å². The average molecular weight is 386 g/mol. The van der Waals surface area contributed by atoms with E-state index in [0.29, 0.717) is 23.9 Å². The Bertz CT molecular complexity index is 1000. The van der Waals surface area contributed by atoms with Gasteiger partial charge in [0.05, 0.1) is 11.4 Å². The molecule has 1 fully saturated rings. The van der Waals surface area contributed by atoms with Crippen molar-refractivity contribution in [2.24, 2.45) is 7.05 Å². The maximum atomic E-state index is 13.5. The van der Waals surface area contributed by atoms with E-state index in [1.807, 2.05) is 25.6 Å². The quantitative estimate of drug-likeness (QED) is 0.628. The number of hydrogen-bond acceptors (Lipinski definition) is 4. The minimum Gasteiger partial charge on any atom is -0.441 e. The second-order valence-electron chi connectivity index (χ2n) is 7.59. The SMILES string of the molecule is Cc1nn(C)c(C)c1CN(Cc1nc(-c2cc(F)cc(F)c2)oc1C)C1CC1. The normalized spacial score (nSPS) is 14.2. The van der Waals surface area contributed by atoms with Crippen molar-refractivity contribution in [3.63, 3.8) is 0 Å². The first-order chi connectivity index (χ1) is 13.3. The summed E-state index contributed by atoms with van der Waals surface area (Å²) in [5.74, 6) is -0.371. The summed E-state index contributed by atoms with van der Waals surface area (Å²) >= 11 is 0. The lowest BCUT2D eigenvalue weighted by atomic mass is 10.1. The second kappa shape index (κ2) is 7.13. The molecule has 0 saturated heterocycles. The molecule has 0 aliphatic heterocycles. The molecular weight excluding hydrogens is 362 g/mol. The molecule has 4 rings (SSSR count). The summed E-state index contributed by atoms with van der Waals surface area (Å²) in [6, 6.07) is 3.83. The van der Waals surface area contributed by atoms with Gasteiger partial charge in [-0.2, -0.15) is 5.10 Å². The first-order valence-electron chi connectivity index (χ1n) is 9.47. The molecule has 3 aromatic rings. The van der Waals surface area contributed by atoms with Gasteiger partial charge in [0.15, 0.2) is 0 Å². The zero-order valence-corrected chi connectivity index (χ0v) is 16.6. The molecule has 5 nitrogen and oxygen atoms in total. The Balaban J connectivity index is 1.59. The minimum atomic E-state index is -0.644. The van der Waals surface area contributed by atoms with Gasteiger partial charge in [-0.25, -0.2) is 13.8 Å². The van der Waals surface area contributed by atoms with Crippen LogP contribution in [0.25, 0.3) is 11.5 Å². The first-order valence-corrected chi connectivity index (χ1v) is 9.47. The van der Waals surface area contributed by atoms with Crippen LogP contribution in [-0.2, 0) is 20.1 Å². The van der Waals surface area contributed by atoms with Crippen molar-refractivity contribution in [3.8, 4) is 11.5 Å². The summed E-state index contributed by atoms with van der Waals surface area (Å²) in [6.07, 6.45) is 2.33. The van der Waals surface area contributed by atoms with E-state index in [2.05, 4.69) is 21.9 Å². The van der Waals surface area contributed by atoms with E-state index < -0.39 is 11.6 Å². The predicted molar refractivity (Wildman–Crippen MR) is 102 cm³/mol. The van der Waals surface area contributed by atoms with Crippen LogP contribution in [0.3, 0.4) is 0 Å². The van der Waals surface area contributed by atoms with Crippen molar-refractivity contribution in [2.75, 3.05) is 0 Å². The summed E-state index contributed by atoms with van der Waals surface area (Å²) in [6.45, 7) is 7.38. The van der Waals surface area contributed by atoms with Gasteiger partial charge in [0, 0.05) is 49.1 Å². The largest absolute Gasteiger partial charge is 0.441 e. The molecule has 1 aliphatic carbocycles. The minimum absolute atomic E-state index is 0.246. The molecule has 0 atom stereocenters. The van der Waals surface area contributed by atoms with Crippen LogP contribution in [0.4, 0.5) is 8.78 Å². The van der Waals surface area contributed by atoms with Crippen LogP contribution in [-0.4, -0.2) is 25.7 Å². The van der Waals surface area contributed by atoms with Crippen LogP contribution in [0.15, 0.2) is 22.6 Å². The Morgan fingerprint density at radius 2 is 1.79 bits per heavy atom. The second-order valence-corrected chi connectivity index (χ2v) is 7.59. The fourth-order valence-electron chi connectivity index (χ4n) is 3.57. The molecule has 0 spiro atoms. The summed E-state index contributed by atoms with van der Waals surface area (Å²) in [4.78, 5) is 6.93. The highest BCUT2D eigenvalue weighted by Gasteiger charge is 2.31. The molecular formula is C21H24F2N4O. The molecule has 0 N–H and O–H groups in total. The Morgan fingerprint density at radius 3 is 2.36 bits per heavy atom. The molecule has 0 bridgehead atoms. The van der Waals surface area contributed by atoms with Crippen LogP contribution in [0, 0.1) is 32.4 Å². The van der Waals surface area contributed by atoms with Gasteiger partial charge < -0.3 is 4.42 Å². The zero-order valence-electron chi connectivity index (χ0n) is 16.6. The van der Waals surface area contributed by atoms with Gasteiger partial charge in [0.2, 0.25) is 5.89 Å². The number of hydrogen-bond donors (Lipinski definition) is 0. The molecule has 0 unspecified atom stereocenters. The Hall–Kier alpha value is -2.54. The van der Waals surface area contributed by atoms with E-state index in [-0.39, 0.29) is 5.89 Å². The monoisotopic (exact) mass is 386 g/mol. The fraction of sp³-hybridized carbons (Fsp3) is 0.429. The van der Waals surface area contributed by atoms with E-state index in [9.17, 15) is 8.78 Å². The number of halogens is 2. The number of rotatable bonds is 6. The molecule has 148 valence electrons. The third kappa shape index (κ3) is 3.71. The van der Waals surface area contributed by atoms with Crippen molar-refractivity contribution in [3.05, 3.63) is 58.2 Å². The lowest BCUT2D eigenvalue weighted by Crippen LogP contribution is -2.26. The molecule has 1 aliphatic rings. The molecule has 0 radical (unpaired) electrons. The number of oxazole rings is 1. The highest BCUT2D eigenvalue weighted by atomic mass is 19.1. The van der Waals surface area contributed by atoms with Crippen molar-refractivity contribution < 1.29 is 13.2 Å². The third-order valence-electron chi connectivity index (χ3n) is 5.44. The highest BCUT2D eigenvalue weighted by Crippen LogP contribution is 2.32. The summed E-state index contributed by atoms with van der Waals surface area (Å²) < 4.78 is 34.7. The van der Waals surface area contributed by atoms with Gasteiger partial charge in [0.25, 0.3) is 0 Å². The first kappa shape index (κ1) is 18.8. The standard InChI is InChI=1S/C21H24F2N4O/c1-12-19(13(2)26(4)25-12)10-27(18-5-6-18)11-20-14(3)28-21(24-20)15-7-16(22)9-17(23)8-15/h7-9,18H,5-6,10-11H2,1-4H3. The maximum absolute atomic E-state index is 13.5. The van der Waals surface area contributed by atoms with E-state index in [0.717, 1.165) is 42.5 Å². The van der Waals surface area contributed by atoms with E-state index in [4.69, 9.17) is 4.42 Å². The van der Waals surface area contributed by atoms with Crippen LogP contribution in [0.1, 0.15) is 41.2 Å². The zero-order chi connectivity index (χ0) is 20.0. The van der Waals surface area contributed by atoms with Crippen molar-refractivity contribution in [1.82, 2.24) is 19.7 Å². The molecule has 0 amide bonds. The maximum Gasteiger partial charge on any atom is 0.226 e. The van der Waals surface area contributed by atoms with Crippen molar-refractivity contribution in [2.45, 2.75) is 52.7 Å². The predicted octanol–water partition coefficient (Wildman–Crippen LogP) is 4.44. The molecule has 1 saturated carbocycles. The molecule has 1 aromatic carbocycles. The lowest BCUT2D eigenvalue weighted by Gasteiger charge is -2.21. The molecule has 2 aromatic heterocycles. The van der Waals surface area contributed by atoms with E-state index >= 15 is 0 Å². The lowest BCUT2D eigenvalue weighted by molar-refractivity contribution is 0.241. The fourth-order valence-corrected chi connectivity index (χ4v) is 3.57. The van der Waals surface area contributed by atoms with Gasteiger partial charge >= 0.3 is 0 Å².